The first kappa shape index (κ1) is 25.5. The molecule has 0 aromatic heterocycles. The van der Waals surface area contributed by atoms with Gasteiger partial charge in [0.25, 0.3) is 0 Å². The zero-order valence-corrected chi connectivity index (χ0v) is 20.5. The number of halogens is 2. The molecule has 170 valence electrons. The molecule has 1 saturated heterocycles. The van der Waals surface area contributed by atoms with Gasteiger partial charge in [-0.25, -0.2) is 9.38 Å². The summed E-state index contributed by atoms with van der Waals surface area (Å²) in [6.07, 6.45) is 3.02. The predicted molar refractivity (Wildman–Crippen MR) is 135 cm³/mol. The molecule has 1 aliphatic rings. The first-order valence-corrected chi connectivity index (χ1v) is 10.9. The van der Waals surface area contributed by atoms with Crippen LogP contribution in [0.25, 0.3) is 0 Å². The molecule has 3 N–H and O–H groups in total. The van der Waals surface area contributed by atoms with Gasteiger partial charge >= 0.3 is 0 Å². The lowest BCUT2D eigenvalue weighted by Crippen LogP contribution is -2.39. The summed E-state index contributed by atoms with van der Waals surface area (Å²) in [5, 5.41) is 16.5. The van der Waals surface area contributed by atoms with Crippen LogP contribution in [0, 0.1) is 5.82 Å². The summed E-state index contributed by atoms with van der Waals surface area (Å²) in [5.41, 5.74) is 2.75. The number of hydrogen-bond donors (Lipinski definition) is 3. The largest absolute Gasteiger partial charge is 0.386 e. The lowest BCUT2D eigenvalue weighted by molar-refractivity contribution is 0.176. The van der Waals surface area contributed by atoms with E-state index in [2.05, 4.69) is 44.8 Å². The van der Waals surface area contributed by atoms with Crippen molar-refractivity contribution in [3.8, 4) is 0 Å². The molecule has 1 fully saturated rings. The van der Waals surface area contributed by atoms with Crippen LogP contribution in [-0.4, -0.2) is 42.1 Å². The van der Waals surface area contributed by atoms with E-state index in [1.165, 1.54) is 44.0 Å². The summed E-state index contributed by atoms with van der Waals surface area (Å²) in [7, 11) is 0. The van der Waals surface area contributed by atoms with E-state index in [1.54, 1.807) is 18.2 Å². The van der Waals surface area contributed by atoms with Crippen molar-refractivity contribution in [3.63, 3.8) is 0 Å². The van der Waals surface area contributed by atoms with Gasteiger partial charge in [-0.3, -0.25) is 4.90 Å². The third-order valence-corrected chi connectivity index (χ3v) is 5.37. The van der Waals surface area contributed by atoms with Gasteiger partial charge in [0.15, 0.2) is 5.96 Å². The van der Waals surface area contributed by atoms with Crippen molar-refractivity contribution in [1.29, 1.82) is 0 Å². The van der Waals surface area contributed by atoms with Gasteiger partial charge in [-0.1, -0.05) is 48.9 Å². The zero-order chi connectivity index (χ0) is 21.2. The summed E-state index contributed by atoms with van der Waals surface area (Å²) < 4.78 is 13.8. The molecular weight excluding hydrogens is 506 g/mol. The fourth-order valence-corrected chi connectivity index (χ4v) is 3.69. The maximum absolute atomic E-state index is 13.8. The van der Waals surface area contributed by atoms with E-state index >= 15 is 0 Å². The third-order valence-electron chi connectivity index (χ3n) is 5.37. The summed E-state index contributed by atoms with van der Waals surface area (Å²) in [6, 6.07) is 14.9. The van der Waals surface area contributed by atoms with Gasteiger partial charge in [-0.05, 0) is 50.0 Å². The van der Waals surface area contributed by atoms with Crippen LogP contribution in [-0.2, 0) is 13.1 Å². The summed E-state index contributed by atoms with van der Waals surface area (Å²) in [4.78, 5) is 7.11. The van der Waals surface area contributed by atoms with Crippen LogP contribution in [0.5, 0.6) is 0 Å². The lowest BCUT2D eigenvalue weighted by Gasteiger charge is -2.26. The molecule has 0 saturated carbocycles. The lowest BCUT2D eigenvalue weighted by atomic mass is 10.1. The smallest absolute Gasteiger partial charge is 0.191 e. The monoisotopic (exact) mass is 540 g/mol. The summed E-state index contributed by atoms with van der Waals surface area (Å²) in [5.74, 6) is 0.198. The second-order valence-electron chi connectivity index (χ2n) is 7.77. The molecule has 7 heteroatoms. The molecule has 1 aliphatic heterocycles. The Balaban J connectivity index is 0.00000341. The highest BCUT2D eigenvalue weighted by molar-refractivity contribution is 14.0. The van der Waals surface area contributed by atoms with E-state index in [1.807, 2.05) is 6.92 Å². The Morgan fingerprint density at radius 2 is 1.71 bits per heavy atom. The number of rotatable bonds is 8. The number of piperidine rings is 1. The molecule has 0 aliphatic carbocycles. The Hall–Kier alpha value is -1.71. The number of hydrogen-bond acceptors (Lipinski definition) is 3. The standard InChI is InChI=1S/C24H33FN4O.HI/c1-2-26-24(28-17-23(30)21-8-4-5-9-22(21)25)27-16-19-10-12-20(13-11-19)18-29-14-6-3-7-15-29;/h4-5,8-13,23,30H,2-3,6-7,14-18H2,1H3,(H2,26,27,28);1H. The molecule has 1 atom stereocenters. The molecule has 0 radical (unpaired) electrons. The minimum absolute atomic E-state index is 0. The topological polar surface area (TPSA) is 59.9 Å². The van der Waals surface area contributed by atoms with Crippen LogP contribution in [0.15, 0.2) is 53.5 Å². The number of benzene rings is 2. The van der Waals surface area contributed by atoms with Crippen LogP contribution in [0.1, 0.15) is 49.0 Å². The Bertz CT molecular complexity index is 809. The Kier molecular flexibility index (Phi) is 11.2. The second-order valence-corrected chi connectivity index (χ2v) is 7.77. The van der Waals surface area contributed by atoms with Crippen LogP contribution >= 0.6 is 24.0 Å². The first-order valence-electron chi connectivity index (χ1n) is 10.9. The molecule has 0 spiro atoms. The van der Waals surface area contributed by atoms with Crippen molar-refractivity contribution in [3.05, 3.63) is 71.0 Å². The number of aliphatic imine (C=N–C) groups is 1. The fourth-order valence-electron chi connectivity index (χ4n) is 3.69. The second kappa shape index (κ2) is 13.6. The number of aliphatic hydroxyl groups is 1. The Morgan fingerprint density at radius 1 is 1.03 bits per heavy atom. The molecule has 3 rings (SSSR count). The number of guanidine groups is 1. The first-order chi connectivity index (χ1) is 14.7. The van der Waals surface area contributed by atoms with Gasteiger partial charge in [-0.2, -0.15) is 0 Å². The van der Waals surface area contributed by atoms with E-state index in [4.69, 9.17) is 0 Å². The van der Waals surface area contributed by atoms with Crippen LogP contribution in [0.2, 0.25) is 0 Å². The van der Waals surface area contributed by atoms with Crippen molar-refractivity contribution in [2.24, 2.45) is 4.99 Å². The molecule has 0 amide bonds. The summed E-state index contributed by atoms with van der Waals surface area (Å²) >= 11 is 0. The van der Waals surface area contributed by atoms with E-state index < -0.39 is 11.9 Å². The number of aliphatic hydroxyl groups excluding tert-OH is 1. The number of nitrogens with one attached hydrogen (secondary N) is 2. The maximum atomic E-state index is 13.8. The molecule has 5 nitrogen and oxygen atoms in total. The minimum Gasteiger partial charge on any atom is -0.386 e. The van der Waals surface area contributed by atoms with Crippen molar-refractivity contribution >= 4 is 29.9 Å². The SMILES string of the molecule is CCNC(=NCc1ccc(CN2CCCCC2)cc1)NCC(O)c1ccccc1F.I. The van der Waals surface area contributed by atoms with Gasteiger partial charge in [0.05, 0.1) is 12.6 Å². The molecule has 31 heavy (non-hydrogen) atoms. The van der Waals surface area contributed by atoms with Gasteiger partial charge in [-0.15, -0.1) is 24.0 Å². The highest BCUT2D eigenvalue weighted by Gasteiger charge is 2.13. The number of nitrogens with zero attached hydrogens (tertiary/aromatic N) is 2. The average Bonchev–Trinajstić information content (AvgIpc) is 2.77. The Labute approximate surface area is 202 Å². The zero-order valence-electron chi connectivity index (χ0n) is 18.2. The molecule has 2 aromatic rings. The van der Waals surface area contributed by atoms with Gasteiger partial charge in [0.1, 0.15) is 5.82 Å². The van der Waals surface area contributed by atoms with Crippen molar-refractivity contribution < 1.29 is 9.50 Å². The van der Waals surface area contributed by atoms with E-state index in [9.17, 15) is 9.50 Å². The van der Waals surface area contributed by atoms with E-state index in [0.29, 0.717) is 19.0 Å². The molecular formula is C24H34FIN4O. The normalized spacial score (nSPS) is 15.8. The van der Waals surface area contributed by atoms with Crippen molar-refractivity contribution in [2.75, 3.05) is 26.2 Å². The van der Waals surface area contributed by atoms with E-state index in [0.717, 1.165) is 12.1 Å². The van der Waals surface area contributed by atoms with Gasteiger partial charge < -0.3 is 15.7 Å². The number of likely N-dealkylation sites (tertiary alicyclic amines) is 1. The van der Waals surface area contributed by atoms with Crippen LogP contribution < -0.4 is 10.6 Å². The highest BCUT2D eigenvalue weighted by Crippen LogP contribution is 2.16. The van der Waals surface area contributed by atoms with Crippen molar-refractivity contribution in [2.45, 2.75) is 45.4 Å². The average molecular weight is 540 g/mol. The van der Waals surface area contributed by atoms with Gasteiger partial charge in [0.2, 0.25) is 0 Å². The summed E-state index contributed by atoms with van der Waals surface area (Å²) in [6.45, 7) is 6.82. The minimum atomic E-state index is -0.941. The van der Waals surface area contributed by atoms with Crippen LogP contribution in [0.3, 0.4) is 0 Å². The molecule has 1 heterocycles. The fraction of sp³-hybridized carbons (Fsp3) is 0.458. The predicted octanol–water partition coefficient (Wildman–Crippen LogP) is 4.22. The molecule has 2 aromatic carbocycles. The highest BCUT2D eigenvalue weighted by atomic mass is 127. The molecule has 1 unspecified atom stereocenters. The quantitative estimate of drug-likeness (QED) is 0.267. The Morgan fingerprint density at radius 3 is 2.39 bits per heavy atom. The van der Waals surface area contributed by atoms with Crippen LogP contribution in [0.4, 0.5) is 4.39 Å². The van der Waals surface area contributed by atoms with E-state index in [-0.39, 0.29) is 36.1 Å². The third kappa shape index (κ3) is 8.38. The van der Waals surface area contributed by atoms with Crippen molar-refractivity contribution in [1.82, 2.24) is 15.5 Å². The van der Waals surface area contributed by atoms with Gasteiger partial charge in [0, 0.05) is 25.2 Å². The molecule has 0 bridgehead atoms. The maximum Gasteiger partial charge on any atom is 0.191 e.